The molecule has 1 aromatic carbocycles. The van der Waals surface area contributed by atoms with Gasteiger partial charge in [0.05, 0.1) is 11.0 Å². The van der Waals surface area contributed by atoms with Crippen molar-refractivity contribution in [1.82, 2.24) is 15.3 Å². The summed E-state index contributed by atoms with van der Waals surface area (Å²) >= 11 is 0. The molecule has 1 aromatic heterocycles. The highest BCUT2D eigenvalue weighted by Gasteiger charge is 2.50. The molecule has 1 saturated heterocycles. The summed E-state index contributed by atoms with van der Waals surface area (Å²) in [5, 5.41) is 2.94. The van der Waals surface area contributed by atoms with Gasteiger partial charge in [-0.2, -0.15) is 0 Å². The molecule has 1 aliphatic carbocycles. The van der Waals surface area contributed by atoms with Crippen molar-refractivity contribution in [3.05, 3.63) is 53.7 Å². The van der Waals surface area contributed by atoms with Crippen LogP contribution in [0.3, 0.4) is 0 Å². The number of rotatable bonds is 3. The zero-order chi connectivity index (χ0) is 19.7. The van der Waals surface area contributed by atoms with E-state index in [1.165, 1.54) is 12.1 Å². The smallest absolute Gasteiger partial charge is 0.254 e. The minimum atomic E-state index is -0.534. The molecule has 2 aromatic rings. The van der Waals surface area contributed by atoms with Crippen molar-refractivity contribution in [1.29, 1.82) is 0 Å². The third-order valence-electron chi connectivity index (χ3n) is 5.85. The van der Waals surface area contributed by atoms with Gasteiger partial charge in [-0.3, -0.25) is 14.5 Å². The van der Waals surface area contributed by atoms with Gasteiger partial charge in [0, 0.05) is 18.8 Å². The monoisotopic (exact) mass is 382 g/mol. The van der Waals surface area contributed by atoms with Crippen LogP contribution in [0.2, 0.25) is 0 Å². The zero-order valence-corrected chi connectivity index (χ0v) is 15.8. The Hall–Kier alpha value is -2.83. The lowest BCUT2D eigenvalue weighted by atomic mass is 9.71. The molecule has 7 heteroatoms. The van der Waals surface area contributed by atoms with E-state index in [2.05, 4.69) is 15.3 Å². The van der Waals surface area contributed by atoms with Crippen LogP contribution in [0.25, 0.3) is 0 Å². The maximum Gasteiger partial charge on any atom is 0.254 e. The van der Waals surface area contributed by atoms with Gasteiger partial charge >= 0.3 is 0 Å². The number of amides is 2. The van der Waals surface area contributed by atoms with Gasteiger partial charge in [-0.25, -0.2) is 14.4 Å². The Kier molecular flexibility index (Phi) is 4.83. The van der Waals surface area contributed by atoms with Crippen LogP contribution in [0, 0.1) is 18.2 Å². The summed E-state index contributed by atoms with van der Waals surface area (Å²) in [5.74, 6) is 0.369. The van der Waals surface area contributed by atoms with E-state index in [0.29, 0.717) is 24.6 Å². The molecule has 2 unspecified atom stereocenters. The number of anilines is 1. The van der Waals surface area contributed by atoms with Crippen molar-refractivity contribution in [2.75, 3.05) is 11.4 Å². The summed E-state index contributed by atoms with van der Waals surface area (Å²) in [4.78, 5) is 35.9. The van der Waals surface area contributed by atoms with E-state index >= 15 is 0 Å². The fourth-order valence-electron chi connectivity index (χ4n) is 4.45. The summed E-state index contributed by atoms with van der Waals surface area (Å²) in [5.41, 5.74) is -0.442. The first-order valence-corrected chi connectivity index (χ1v) is 9.65. The Labute approximate surface area is 163 Å². The molecule has 2 heterocycles. The molecular weight excluding hydrogens is 359 g/mol. The zero-order valence-electron chi connectivity index (χ0n) is 15.8. The fourth-order valence-corrected chi connectivity index (χ4v) is 4.45. The van der Waals surface area contributed by atoms with E-state index < -0.39 is 17.1 Å². The topological polar surface area (TPSA) is 75.2 Å². The lowest BCUT2D eigenvalue weighted by Crippen LogP contribution is -2.46. The molecule has 4 rings (SSSR count). The highest BCUT2D eigenvalue weighted by molar-refractivity contribution is 5.99. The molecule has 2 atom stereocenters. The van der Waals surface area contributed by atoms with E-state index in [0.717, 1.165) is 25.7 Å². The number of nitrogens with zero attached hydrogens (tertiary/aromatic N) is 3. The first kappa shape index (κ1) is 18.5. The fraction of sp³-hybridized carbons (Fsp3) is 0.429. The Balaban J connectivity index is 1.48. The maximum atomic E-state index is 13.9. The third kappa shape index (κ3) is 3.37. The predicted molar refractivity (Wildman–Crippen MR) is 102 cm³/mol. The molecule has 6 nitrogen and oxygen atoms in total. The maximum absolute atomic E-state index is 13.9. The molecule has 1 N–H and O–H groups in total. The van der Waals surface area contributed by atoms with Crippen LogP contribution < -0.4 is 10.2 Å². The van der Waals surface area contributed by atoms with Gasteiger partial charge in [0.15, 0.2) is 0 Å². The normalized spacial score (nSPS) is 24.6. The number of hydrogen-bond acceptors (Lipinski definition) is 4. The average Bonchev–Trinajstić information content (AvgIpc) is 2.98. The lowest BCUT2D eigenvalue weighted by Gasteiger charge is -2.36. The number of carbonyl (C=O) groups excluding carboxylic acids is 2. The van der Waals surface area contributed by atoms with E-state index in [9.17, 15) is 14.0 Å². The van der Waals surface area contributed by atoms with E-state index in [1.54, 1.807) is 36.2 Å². The second-order valence-corrected chi connectivity index (χ2v) is 7.70. The first-order chi connectivity index (χ1) is 13.5. The van der Waals surface area contributed by atoms with Crippen LogP contribution in [0.15, 0.2) is 36.5 Å². The van der Waals surface area contributed by atoms with Gasteiger partial charge in [0.2, 0.25) is 5.91 Å². The highest BCUT2D eigenvalue weighted by atomic mass is 19.1. The van der Waals surface area contributed by atoms with E-state index in [-0.39, 0.29) is 17.5 Å². The number of nitrogens with one attached hydrogen (secondary N) is 1. The van der Waals surface area contributed by atoms with Crippen LogP contribution in [-0.4, -0.2) is 34.4 Å². The van der Waals surface area contributed by atoms with Crippen molar-refractivity contribution >= 4 is 17.6 Å². The standard InChI is InChI=1S/C21H23FN4O2/c1-14-23-11-8-18(24-14)26-12-10-21(20(26)28)9-4-5-15(13-21)25-19(27)16-6-2-3-7-17(16)22/h2-3,6-8,11,15H,4-5,9-10,12-13H2,1H3,(H,25,27). The third-order valence-corrected chi connectivity index (χ3v) is 5.85. The van der Waals surface area contributed by atoms with Gasteiger partial charge in [-0.05, 0) is 50.8 Å². The number of aryl methyl sites for hydroxylation is 1. The number of benzene rings is 1. The molecule has 1 saturated carbocycles. The second-order valence-electron chi connectivity index (χ2n) is 7.70. The highest BCUT2D eigenvalue weighted by Crippen LogP contribution is 2.45. The van der Waals surface area contributed by atoms with Crippen LogP contribution in [0.5, 0.6) is 0 Å². The SMILES string of the molecule is Cc1nccc(N2CCC3(CCCC(NC(=O)c4ccccc4F)C3)C2=O)n1. The Morgan fingerprint density at radius 3 is 2.89 bits per heavy atom. The van der Waals surface area contributed by atoms with Crippen LogP contribution >= 0.6 is 0 Å². The quantitative estimate of drug-likeness (QED) is 0.885. The lowest BCUT2D eigenvalue weighted by molar-refractivity contribution is -0.127. The number of aromatic nitrogens is 2. The predicted octanol–water partition coefficient (Wildman–Crippen LogP) is 3.02. The molecule has 1 spiro atoms. The van der Waals surface area contributed by atoms with Gasteiger partial charge in [0.25, 0.3) is 5.91 Å². The molecule has 1 aliphatic heterocycles. The second kappa shape index (κ2) is 7.30. The molecular formula is C21H23FN4O2. The molecule has 2 aliphatic rings. The minimum Gasteiger partial charge on any atom is -0.349 e. The summed E-state index contributed by atoms with van der Waals surface area (Å²) in [7, 11) is 0. The summed E-state index contributed by atoms with van der Waals surface area (Å²) in [6, 6.07) is 7.56. The van der Waals surface area contributed by atoms with E-state index in [1.807, 2.05) is 0 Å². The molecule has 0 bridgehead atoms. The Bertz CT molecular complexity index is 919. The van der Waals surface area contributed by atoms with Crippen molar-refractivity contribution < 1.29 is 14.0 Å². The van der Waals surface area contributed by atoms with Crippen LogP contribution in [-0.2, 0) is 4.79 Å². The molecule has 2 amide bonds. The summed E-state index contributed by atoms with van der Waals surface area (Å²) < 4.78 is 13.9. The average molecular weight is 382 g/mol. The van der Waals surface area contributed by atoms with Crippen molar-refractivity contribution in [3.63, 3.8) is 0 Å². The molecule has 28 heavy (non-hydrogen) atoms. The first-order valence-electron chi connectivity index (χ1n) is 9.65. The molecule has 146 valence electrons. The van der Waals surface area contributed by atoms with Crippen molar-refractivity contribution in [3.8, 4) is 0 Å². The van der Waals surface area contributed by atoms with Crippen molar-refractivity contribution in [2.45, 2.75) is 45.1 Å². The Morgan fingerprint density at radius 2 is 2.11 bits per heavy atom. The van der Waals surface area contributed by atoms with Crippen LogP contribution in [0.1, 0.15) is 48.3 Å². The van der Waals surface area contributed by atoms with Gasteiger partial charge in [-0.15, -0.1) is 0 Å². The number of hydrogen-bond donors (Lipinski definition) is 1. The van der Waals surface area contributed by atoms with Crippen LogP contribution in [0.4, 0.5) is 10.2 Å². The molecule has 0 radical (unpaired) electrons. The van der Waals surface area contributed by atoms with E-state index in [4.69, 9.17) is 0 Å². The summed E-state index contributed by atoms with van der Waals surface area (Å²) in [6.07, 6.45) is 5.42. The van der Waals surface area contributed by atoms with Crippen molar-refractivity contribution in [2.24, 2.45) is 5.41 Å². The van der Waals surface area contributed by atoms with Gasteiger partial charge in [0.1, 0.15) is 17.5 Å². The number of carbonyl (C=O) groups is 2. The molecule has 2 fully saturated rings. The summed E-state index contributed by atoms with van der Waals surface area (Å²) in [6.45, 7) is 2.41. The number of halogens is 1. The van der Waals surface area contributed by atoms with Gasteiger partial charge in [-0.1, -0.05) is 18.6 Å². The van der Waals surface area contributed by atoms with Gasteiger partial charge < -0.3 is 5.32 Å². The largest absolute Gasteiger partial charge is 0.349 e. The Morgan fingerprint density at radius 1 is 1.29 bits per heavy atom. The minimum absolute atomic E-state index is 0.0398.